The van der Waals surface area contributed by atoms with Gasteiger partial charge >= 0.3 is 5.97 Å². The van der Waals surface area contributed by atoms with Gasteiger partial charge in [-0.25, -0.2) is 0 Å². The van der Waals surface area contributed by atoms with Gasteiger partial charge in [-0.3, -0.25) is 4.79 Å². The van der Waals surface area contributed by atoms with Crippen LogP contribution in [0.5, 0.6) is 0 Å². The predicted molar refractivity (Wildman–Crippen MR) is 53.0 cm³/mol. The first kappa shape index (κ1) is 11.3. The molecule has 0 spiro atoms. The molecule has 0 amide bonds. The van der Waals surface area contributed by atoms with Gasteiger partial charge in [-0.2, -0.15) is 0 Å². The van der Waals surface area contributed by atoms with Crippen molar-refractivity contribution in [2.45, 2.75) is 32.0 Å². The number of hydrogen-bond donors (Lipinski definition) is 0. The zero-order valence-corrected chi connectivity index (χ0v) is 8.01. The third kappa shape index (κ3) is 7.38. The molecule has 0 unspecified atom stereocenters. The summed E-state index contributed by atoms with van der Waals surface area (Å²) in [6.07, 6.45) is 9.04. The first-order chi connectivity index (χ1) is 5.81. The average molecular weight is 168 g/mol. The number of esters is 1. The Hall–Kier alpha value is -0.725. The lowest BCUT2D eigenvalue weighted by Gasteiger charge is -1.96. The van der Waals surface area contributed by atoms with Gasteiger partial charge in [0.25, 0.3) is 0 Å². The Morgan fingerprint density at radius 1 is 1.42 bits per heavy atom. The predicted octanol–water partition coefficient (Wildman–Crippen LogP) is 1.33. The summed E-state index contributed by atoms with van der Waals surface area (Å²) in [7, 11) is 3.55. The fraction of sp³-hybridized carbons (Fsp3) is 0.667. The van der Waals surface area contributed by atoms with Crippen LogP contribution < -0.4 is 0 Å². The van der Waals surface area contributed by atoms with Gasteiger partial charge in [0.1, 0.15) is 7.85 Å². The number of ether oxygens (including phenoxy) is 1. The summed E-state index contributed by atoms with van der Waals surface area (Å²) in [4.78, 5) is 10.7. The summed E-state index contributed by atoms with van der Waals surface area (Å²) < 4.78 is 4.52. The van der Waals surface area contributed by atoms with Crippen molar-refractivity contribution in [1.82, 2.24) is 0 Å². The molecule has 0 saturated carbocycles. The van der Waals surface area contributed by atoms with Gasteiger partial charge in [0.15, 0.2) is 0 Å². The molecule has 0 fully saturated rings. The number of carbonyl (C=O) groups excluding carboxylic acids is 1. The fourth-order valence-electron chi connectivity index (χ4n) is 0.918. The lowest BCUT2D eigenvalue weighted by Crippen LogP contribution is -1.98. The van der Waals surface area contributed by atoms with Gasteiger partial charge in [0, 0.05) is 6.42 Å². The van der Waals surface area contributed by atoms with Crippen molar-refractivity contribution < 1.29 is 9.53 Å². The highest BCUT2D eigenvalue weighted by Crippen LogP contribution is 2.01. The molecule has 0 aromatic heterocycles. The smallest absolute Gasteiger partial charge is 0.305 e. The second kappa shape index (κ2) is 8.37. The number of hydrogen-bond acceptors (Lipinski definition) is 2. The van der Waals surface area contributed by atoms with Gasteiger partial charge in [0.2, 0.25) is 0 Å². The van der Waals surface area contributed by atoms with E-state index in [-0.39, 0.29) is 5.97 Å². The van der Waals surface area contributed by atoms with Crippen LogP contribution in [0, 0.1) is 0 Å². The Bertz CT molecular complexity index is 143. The van der Waals surface area contributed by atoms with Crippen molar-refractivity contribution in [2.75, 3.05) is 7.11 Å². The first-order valence-electron chi connectivity index (χ1n) is 4.53. The van der Waals surface area contributed by atoms with E-state index in [1.165, 1.54) is 7.11 Å². The minimum atomic E-state index is -0.102. The summed E-state index contributed by atoms with van der Waals surface area (Å²) in [5.74, 6) is -0.102. The van der Waals surface area contributed by atoms with Crippen LogP contribution >= 0.6 is 0 Å². The molecule has 0 aromatic carbocycles. The third-order valence-corrected chi connectivity index (χ3v) is 1.63. The van der Waals surface area contributed by atoms with E-state index in [0.29, 0.717) is 6.42 Å². The molecule has 0 radical (unpaired) electrons. The zero-order valence-electron chi connectivity index (χ0n) is 8.01. The van der Waals surface area contributed by atoms with Gasteiger partial charge in [0.05, 0.1) is 7.11 Å². The summed E-state index contributed by atoms with van der Waals surface area (Å²) in [6.45, 7) is 0. The Labute approximate surface area is 75.4 Å². The van der Waals surface area contributed by atoms with Crippen molar-refractivity contribution in [3.63, 3.8) is 0 Å². The van der Waals surface area contributed by atoms with Crippen molar-refractivity contribution >= 4 is 13.8 Å². The van der Waals surface area contributed by atoms with E-state index in [1.54, 1.807) is 0 Å². The molecule has 3 heteroatoms. The van der Waals surface area contributed by atoms with Gasteiger partial charge in [-0.05, 0) is 19.3 Å². The van der Waals surface area contributed by atoms with Gasteiger partial charge < -0.3 is 4.74 Å². The van der Waals surface area contributed by atoms with Crippen LogP contribution in [0.15, 0.2) is 12.2 Å². The topological polar surface area (TPSA) is 26.3 Å². The Balaban J connectivity index is 3.10. The van der Waals surface area contributed by atoms with E-state index < -0.39 is 0 Å². The van der Waals surface area contributed by atoms with E-state index in [0.717, 1.165) is 25.6 Å². The maximum Gasteiger partial charge on any atom is 0.305 e. The molecule has 68 valence electrons. The second-order valence-electron chi connectivity index (χ2n) is 2.70. The molecule has 0 aliphatic carbocycles. The average Bonchev–Trinajstić information content (AvgIpc) is 2.10. The van der Waals surface area contributed by atoms with Crippen molar-refractivity contribution in [2.24, 2.45) is 0 Å². The standard InChI is InChI=1S/C9H17BO2/c1-12-9(11)7-5-3-2-4-6-8-10/h4,6H,2-3,5,7-8,10H2,1H3/b6-4+. The molecule has 0 atom stereocenters. The van der Waals surface area contributed by atoms with Crippen LogP contribution in [-0.4, -0.2) is 20.9 Å². The molecular weight excluding hydrogens is 151 g/mol. The van der Waals surface area contributed by atoms with Crippen LogP contribution in [0.25, 0.3) is 0 Å². The van der Waals surface area contributed by atoms with E-state index in [4.69, 9.17) is 0 Å². The summed E-state index contributed by atoms with van der Waals surface area (Å²) >= 11 is 0. The lowest BCUT2D eigenvalue weighted by atomic mass is 10.0. The summed E-state index contributed by atoms with van der Waals surface area (Å²) in [6, 6.07) is 0. The molecule has 0 aliphatic rings. The van der Waals surface area contributed by atoms with Crippen molar-refractivity contribution in [3.8, 4) is 0 Å². The van der Waals surface area contributed by atoms with Gasteiger partial charge in [-0.1, -0.05) is 18.5 Å². The van der Waals surface area contributed by atoms with E-state index in [2.05, 4.69) is 24.7 Å². The van der Waals surface area contributed by atoms with Crippen molar-refractivity contribution in [1.29, 1.82) is 0 Å². The number of carbonyl (C=O) groups is 1. The molecule has 12 heavy (non-hydrogen) atoms. The molecule has 0 bridgehead atoms. The maximum atomic E-state index is 10.7. The Kier molecular flexibility index (Phi) is 7.87. The van der Waals surface area contributed by atoms with Crippen LogP contribution in [-0.2, 0) is 9.53 Å². The second-order valence-corrected chi connectivity index (χ2v) is 2.70. The maximum absolute atomic E-state index is 10.7. The number of unbranched alkanes of at least 4 members (excludes halogenated alkanes) is 2. The van der Waals surface area contributed by atoms with Crippen LogP contribution in [0.3, 0.4) is 0 Å². The molecule has 2 nitrogen and oxygen atoms in total. The summed E-state index contributed by atoms with van der Waals surface area (Å²) in [5, 5.41) is 0. The molecule has 0 saturated heterocycles. The number of allylic oxidation sites excluding steroid dienone is 2. The highest BCUT2D eigenvalue weighted by Gasteiger charge is 1.97. The first-order valence-corrected chi connectivity index (χ1v) is 4.53. The molecular formula is C9H17BO2. The normalized spacial score (nSPS) is 10.4. The fourth-order valence-corrected chi connectivity index (χ4v) is 0.918. The largest absolute Gasteiger partial charge is 0.469 e. The van der Waals surface area contributed by atoms with Crippen LogP contribution in [0.4, 0.5) is 0 Å². The number of rotatable bonds is 6. The minimum absolute atomic E-state index is 0.102. The molecule has 0 aromatic rings. The van der Waals surface area contributed by atoms with Crippen LogP contribution in [0.1, 0.15) is 25.7 Å². The lowest BCUT2D eigenvalue weighted by molar-refractivity contribution is -0.140. The molecule has 0 rings (SSSR count). The zero-order chi connectivity index (χ0) is 9.23. The monoisotopic (exact) mass is 168 g/mol. The molecule has 0 N–H and O–H groups in total. The van der Waals surface area contributed by atoms with E-state index in [1.807, 2.05) is 0 Å². The quantitative estimate of drug-likeness (QED) is 0.259. The Morgan fingerprint density at radius 3 is 2.75 bits per heavy atom. The molecule has 0 heterocycles. The number of methoxy groups -OCH3 is 1. The SMILES string of the molecule is BC/C=C/CCCCC(=O)OC. The van der Waals surface area contributed by atoms with Crippen LogP contribution in [0.2, 0.25) is 6.32 Å². The molecule has 0 aliphatic heterocycles. The highest BCUT2D eigenvalue weighted by molar-refractivity contribution is 6.09. The third-order valence-electron chi connectivity index (χ3n) is 1.63. The van der Waals surface area contributed by atoms with Crippen molar-refractivity contribution in [3.05, 3.63) is 12.2 Å². The summed E-state index contributed by atoms with van der Waals surface area (Å²) in [5.41, 5.74) is 0. The van der Waals surface area contributed by atoms with E-state index in [9.17, 15) is 4.79 Å². The highest BCUT2D eigenvalue weighted by atomic mass is 16.5. The van der Waals surface area contributed by atoms with Gasteiger partial charge in [-0.15, -0.1) is 0 Å². The van der Waals surface area contributed by atoms with E-state index >= 15 is 0 Å². The Morgan fingerprint density at radius 2 is 2.17 bits per heavy atom. The minimum Gasteiger partial charge on any atom is -0.469 e.